The molecule has 10 heteroatoms. The maximum absolute atomic E-state index is 13.7. The first-order chi connectivity index (χ1) is 23.7. The van der Waals surface area contributed by atoms with Crippen LogP contribution in [-0.2, 0) is 9.59 Å². The number of methoxy groups -OCH3 is 1. The van der Waals surface area contributed by atoms with Gasteiger partial charge in [-0.3, -0.25) is 14.4 Å². The van der Waals surface area contributed by atoms with E-state index in [0.29, 0.717) is 33.1 Å². The number of amides is 3. The van der Waals surface area contributed by atoms with Crippen LogP contribution in [0.15, 0.2) is 138 Å². The number of hydrogen-bond acceptors (Lipinski definition) is 6. The molecular formula is C39H33N3O6S. The first-order valence-electron chi connectivity index (χ1n) is 15.2. The molecule has 0 aliphatic carbocycles. The number of rotatable bonds is 12. The highest BCUT2D eigenvalue weighted by atomic mass is 32.2. The molecule has 0 aromatic heterocycles. The van der Waals surface area contributed by atoms with Gasteiger partial charge in [-0.2, -0.15) is 0 Å². The average Bonchev–Trinajstić information content (AvgIpc) is 3.12. The van der Waals surface area contributed by atoms with Crippen molar-refractivity contribution in [2.24, 2.45) is 0 Å². The summed E-state index contributed by atoms with van der Waals surface area (Å²) >= 11 is 1.27. The van der Waals surface area contributed by atoms with Crippen LogP contribution < -0.4 is 20.7 Å². The molecule has 0 saturated heterocycles. The van der Waals surface area contributed by atoms with E-state index in [1.807, 2.05) is 36.4 Å². The van der Waals surface area contributed by atoms with Crippen molar-refractivity contribution >= 4 is 52.9 Å². The lowest BCUT2D eigenvalue weighted by molar-refractivity contribution is -0.116. The Morgan fingerprint density at radius 3 is 2.12 bits per heavy atom. The van der Waals surface area contributed by atoms with E-state index in [4.69, 9.17) is 4.74 Å². The predicted molar refractivity (Wildman–Crippen MR) is 192 cm³/mol. The van der Waals surface area contributed by atoms with E-state index in [9.17, 15) is 24.3 Å². The third-order valence-electron chi connectivity index (χ3n) is 7.38. The molecule has 246 valence electrons. The molecule has 0 heterocycles. The molecule has 0 radical (unpaired) electrons. The van der Waals surface area contributed by atoms with E-state index in [2.05, 4.69) is 16.0 Å². The summed E-state index contributed by atoms with van der Waals surface area (Å²) in [6.07, 6.45) is 1.57. The van der Waals surface area contributed by atoms with Crippen LogP contribution in [0.2, 0.25) is 0 Å². The van der Waals surface area contributed by atoms with Crippen LogP contribution in [0, 0.1) is 6.92 Å². The maximum Gasteiger partial charge on any atom is 0.335 e. The van der Waals surface area contributed by atoms with E-state index in [1.165, 1.54) is 23.9 Å². The van der Waals surface area contributed by atoms with Crippen molar-refractivity contribution in [1.29, 1.82) is 0 Å². The van der Waals surface area contributed by atoms with Crippen molar-refractivity contribution < 1.29 is 29.0 Å². The fraction of sp³-hybridized carbons (Fsp3) is 0.0769. The van der Waals surface area contributed by atoms with Crippen molar-refractivity contribution in [3.8, 4) is 5.75 Å². The van der Waals surface area contributed by atoms with Gasteiger partial charge in [0.1, 0.15) is 16.7 Å². The molecular weight excluding hydrogens is 639 g/mol. The number of aromatic carboxylic acids is 1. The van der Waals surface area contributed by atoms with Gasteiger partial charge < -0.3 is 25.8 Å². The zero-order chi connectivity index (χ0) is 34.8. The summed E-state index contributed by atoms with van der Waals surface area (Å²) in [4.78, 5) is 52.7. The first kappa shape index (κ1) is 34.2. The number of thioether (sulfide) groups is 1. The number of ether oxygens (including phenoxy) is 1. The number of carboxylic acids is 1. The van der Waals surface area contributed by atoms with Crippen LogP contribution in [0.1, 0.15) is 42.7 Å². The lowest BCUT2D eigenvalue weighted by Gasteiger charge is -2.19. The average molecular weight is 672 g/mol. The van der Waals surface area contributed by atoms with Gasteiger partial charge in [0.05, 0.1) is 12.7 Å². The molecule has 1 atom stereocenters. The third-order valence-corrected chi connectivity index (χ3v) is 8.63. The Morgan fingerprint density at radius 2 is 1.45 bits per heavy atom. The molecule has 4 N–H and O–H groups in total. The van der Waals surface area contributed by atoms with E-state index in [0.717, 1.165) is 11.1 Å². The molecule has 5 aromatic carbocycles. The van der Waals surface area contributed by atoms with Crippen LogP contribution in [-0.4, -0.2) is 35.9 Å². The molecule has 5 aromatic rings. The standard InChI is InChI=1S/C39H33N3O6S/c1-25-16-19-29(39(46)47)23-33(25)41-38(45)35(27-10-5-3-6-11-27)49-32-15-9-14-30(24-32)40-37(44)34(22-26-17-20-31(48-2)21-18-26)42-36(43)28-12-7-4-8-13-28/h3-24,35H,1-2H3,(H,40,44)(H,41,45)(H,42,43)(H,46,47)/b34-22+. The molecule has 0 fully saturated rings. The molecule has 1 unspecified atom stereocenters. The van der Waals surface area contributed by atoms with Gasteiger partial charge in [0.2, 0.25) is 5.91 Å². The van der Waals surface area contributed by atoms with Gasteiger partial charge in [-0.05, 0) is 84.3 Å². The summed E-state index contributed by atoms with van der Waals surface area (Å²) in [5.74, 6) is -1.78. The highest BCUT2D eigenvalue weighted by Crippen LogP contribution is 2.37. The van der Waals surface area contributed by atoms with Gasteiger partial charge in [0.25, 0.3) is 11.8 Å². The van der Waals surface area contributed by atoms with Gasteiger partial charge in [-0.1, -0.05) is 72.8 Å². The summed E-state index contributed by atoms with van der Waals surface area (Å²) in [6.45, 7) is 1.79. The van der Waals surface area contributed by atoms with Crippen LogP contribution >= 0.6 is 11.8 Å². The summed E-state index contributed by atoms with van der Waals surface area (Å²) in [7, 11) is 1.56. The maximum atomic E-state index is 13.7. The lowest BCUT2D eigenvalue weighted by atomic mass is 10.1. The Hall–Kier alpha value is -6.13. The third kappa shape index (κ3) is 9.24. The molecule has 3 amide bonds. The largest absolute Gasteiger partial charge is 0.497 e. The van der Waals surface area contributed by atoms with Crippen LogP contribution in [0.4, 0.5) is 11.4 Å². The second kappa shape index (κ2) is 16.1. The van der Waals surface area contributed by atoms with Gasteiger partial charge in [0.15, 0.2) is 0 Å². The second-order valence-electron chi connectivity index (χ2n) is 10.9. The SMILES string of the molecule is COc1ccc(/C=C(/NC(=O)c2ccccc2)C(=O)Nc2cccc(SC(C(=O)Nc3cc(C(=O)O)ccc3C)c3ccccc3)c2)cc1. The number of carbonyl (C=O) groups excluding carboxylic acids is 3. The minimum Gasteiger partial charge on any atom is -0.497 e. The van der Waals surface area contributed by atoms with Crippen LogP contribution in [0.5, 0.6) is 5.75 Å². The highest BCUT2D eigenvalue weighted by molar-refractivity contribution is 8.00. The van der Waals surface area contributed by atoms with Crippen molar-refractivity contribution in [1.82, 2.24) is 5.32 Å². The number of carbonyl (C=O) groups is 4. The molecule has 9 nitrogen and oxygen atoms in total. The van der Waals surface area contributed by atoms with Gasteiger partial charge in [0, 0.05) is 21.8 Å². The predicted octanol–water partition coefficient (Wildman–Crippen LogP) is 7.58. The van der Waals surface area contributed by atoms with Crippen LogP contribution in [0.3, 0.4) is 0 Å². The topological polar surface area (TPSA) is 134 Å². The zero-order valence-corrected chi connectivity index (χ0v) is 27.5. The van der Waals surface area contributed by atoms with E-state index >= 15 is 0 Å². The Balaban J connectivity index is 1.39. The number of nitrogens with one attached hydrogen (secondary N) is 3. The van der Waals surface area contributed by atoms with Gasteiger partial charge >= 0.3 is 5.97 Å². The Bertz CT molecular complexity index is 2000. The van der Waals surface area contributed by atoms with Crippen molar-refractivity contribution in [2.75, 3.05) is 17.7 Å². The number of anilines is 2. The van der Waals surface area contributed by atoms with Gasteiger partial charge in [-0.15, -0.1) is 11.8 Å². The van der Waals surface area contributed by atoms with Crippen molar-refractivity contribution in [3.63, 3.8) is 0 Å². The molecule has 0 spiro atoms. The minimum atomic E-state index is -1.09. The summed E-state index contributed by atoms with van der Waals surface area (Å²) in [5, 5.41) is 17.2. The number of hydrogen-bond donors (Lipinski definition) is 4. The van der Waals surface area contributed by atoms with E-state index in [1.54, 1.807) is 99.0 Å². The second-order valence-corrected chi connectivity index (χ2v) is 12.0. The molecule has 0 aliphatic rings. The number of carboxylic acid groups (broad SMARTS) is 1. The zero-order valence-electron chi connectivity index (χ0n) is 26.7. The normalized spacial score (nSPS) is 11.6. The van der Waals surface area contributed by atoms with Gasteiger partial charge in [-0.25, -0.2) is 4.79 Å². The summed E-state index contributed by atoms with van der Waals surface area (Å²) in [6, 6.07) is 36.5. The van der Waals surface area contributed by atoms with Crippen LogP contribution in [0.25, 0.3) is 6.08 Å². The lowest BCUT2D eigenvalue weighted by Crippen LogP contribution is -2.30. The Labute approximate surface area is 288 Å². The Morgan fingerprint density at radius 1 is 0.755 bits per heavy atom. The molecule has 5 rings (SSSR count). The summed E-state index contributed by atoms with van der Waals surface area (Å²) < 4.78 is 5.23. The fourth-order valence-corrected chi connectivity index (χ4v) is 5.86. The first-order valence-corrected chi connectivity index (χ1v) is 16.1. The number of aryl methyl sites for hydroxylation is 1. The monoisotopic (exact) mass is 671 g/mol. The molecule has 0 aliphatic heterocycles. The molecule has 0 bridgehead atoms. The smallest absolute Gasteiger partial charge is 0.335 e. The van der Waals surface area contributed by atoms with Crippen molar-refractivity contribution in [3.05, 3.63) is 161 Å². The summed E-state index contributed by atoms with van der Waals surface area (Å²) in [5.41, 5.74) is 3.46. The Kier molecular flexibility index (Phi) is 11.3. The van der Waals surface area contributed by atoms with E-state index < -0.39 is 23.0 Å². The highest BCUT2D eigenvalue weighted by Gasteiger charge is 2.24. The van der Waals surface area contributed by atoms with Crippen molar-refractivity contribution in [2.45, 2.75) is 17.1 Å². The minimum absolute atomic E-state index is 0.0255. The molecule has 49 heavy (non-hydrogen) atoms. The van der Waals surface area contributed by atoms with E-state index in [-0.39, 0.29) is 17.2 Å². The fourth-order valence-electron chi connectivity index (χ4n) is 4.78. The quantitative estimate of drug-likeness (QED) is 0.0794. The number of benzene rings is 5. The molecule has 0 saturated carbocycles.